The number of carbonyl (C=O) groups excluding carboxylic acids is 2. The average Bonchev–Trinajstić information content (AvgIpc) is 3.37. The predicted molar refractivity (Wildman–Crippen MR) is 117 cm³/mol. The van der Waals surface area contributed by atoms with Crippen molar-refractivity contribution in [1.29, 1.82) is 0 Å². The van der Waals surface area contributed by atoms with E-state index >= 15 is 0 Å². The van der Waals surface area contributed by atoms with E-state index in [0.717, 1.165) is 24.0 Å². The van der Waals surface area contributed by atoms with Crippen LogP contribution in [0.3, 0.4) is 0 Å². The first-order valence-electron chi connectivity index (χ1n) is 10.0. The fourth-order valence-electron chi connectivity index (χ4n) is 3.39. The Morgan fingerprint density at radius 1 is 1.29 bits per heavy atom. The molecule has 0 radical (unpaired) electrons. The van der Waals surface area contributed by atoms with E-state index in [2.05, 4.69) is 31.0 Å². The van der Waals surface area contributed by atoms with Gasteiger partial charge in [-0.05, 0) is 49.1 Å². The SMILES string of the molecule is Cc1ccc(Cl)cc1CNc1nc(NC2CC2)n2ncc(/C=C3\CC(=O)NC3=O)c2n1. The van der Waals surface area contributed by atoms with Crippen LogP contribution in [0.25, 0.3) is 11.7 Å². The number of amides is 2. The highest BCUT2D eigenvalue weighted by Gasteiger charge is 2.26. The van der Waals surface area contributed by atoms with Crippen LogP contribution in [-0.2, 0) is 16.1 Å². The lowest BCUT2D eigenvalue weighted by molar-refractivity contribution is -0.124. The molecule has 5 rings (SSSR count). The molecule has 3 aromatic rings. The highest BCUT2D eigenvalue weighted by Crippen LogP contribution is 2.26. The summed E-state index contributed by atoms with van der Waals surface area (Å²) < 4.78 is 1.62. The first kappa shape index (κ1) is 19.5. The molecule has 0 spiro atoms. The standard InChI is InChI=1S/C21H20ClN7O2/c1-11-2-3-15(22)7-13(11)9-23-20-27-18-14(6-12-8-17(30)26-19(12)31)10-24-29(18)21(28-20)25-16-4-5-16/h2-3,6-7,10,16H,4-5,8-9H2,1H3,(H,26,30,31)(H2,23,25,27,28)/b12-6+. The number of hydrogen-bond acceptors (Lipinski definition) is 7. The van der Waals surface area contributed by atoms with Gasteiger partial charge >= 0.3 is 0 Å². The van der Waals surface area contributed by atoms with Gasteiger partial charge in [-0.1, -0.05) is 17.7 Å². The van der Waals surface area contributed by atoms with Crippen LogP contribution < -0.4 is 16.0 Å². The van der Waals surface area contributed by atoms with Crippen molar-refractivity contribution < 1.29 is 9.59 Å². The summed E-state index contributed by atoms with van der Waals surface area (Å²) in [6.07, 6.45) is 5.48. The second-order valence-electron chi connectivity index (χ2n) is 7.77. The summed E-state index contributed by atoms with van der Waals surface area (Å²) in [6.45, 7) is 2.53. The van der Waals surface area contributed by atoms with E-state index in [4.69, 9.17) is 11.6 Å². The van der Waals surface area contributed by atoms with Gasteiger partial charge in [0.25, 0.3) is 5.91 Å². The zero-order chi connectivity index (χ0) is 21.5. The van der Waals surface area contributed by atoms with Crippen LogP contribution in [0.1, 0.15) is 36.0 Å². The molecule has 2 aliphatic rings. The zero-order valence-corrected chi connectivity index (χ0v) is 17.5. The molecule has 1 saturated heterocycles. The number of aromatic nitrogens is 4. The van der Waals surface area contributed by atoms with Crippen molar-refractivity contribution in [3.05, 3.63) is 51.7 Å². The smallest absolute Gasteiger partial charge is 0.254 e. The second kappa shape index (κ2) is 7.66. The quantitative estimate of drug-likeness (QED) is 0.401. The Balaban J connectivity index is 1.50. The number of halogens is 1. The molecule has 1 aromatic carbocycles. The number of nitrogens with zero attached hydrogens (tertiary/aromatic N) is 4. The molecule has 1 aliphatic heterocycles. The van der Waals surface area contributed by atoms with Crippen molar-refractivity contribution in [3.63, 3.8) is 0 Å². The molecular weight excluding hydrogens is 418 g/mol. The Labute approximate surface area is 182 Å². The van der Waals surface area contributed by atoms with Crippen molar-refractivity contribution in [3.8, 4) is 0 Å². The molecule has 31 heavy (non-hydrogen) atoms. The Morgan fingerprint density at radius 2 is 2.13 bits per heavy atom. The minimum absolute atomic E-state index is 0.0492. The van der Waals surface area contributed by atoms with Gasteiger partial charge in [-0.15, -0.1) is 0 Å². The molecular formula is C21H20ClN7O2. The van der Waals surface area contributed by atoms with Crippen molar-refractivity contribution in [2.45, 2.75) is 38.8 Å². The van der Waals surface area contributed by atoms with Crippen molar-refractivity contribution in [2.24, 2.45) is 0 Å². The van der Waals surface area contributed by atoms with Gasteiger partial charge in [0.05, 0.1) is 12.6 Å². The summed E-state index contributed by atoms with van der Waals surface area (Å²) in [7, 11) is 0. The third kappa shape index (κ3) is 4.09. The third-order valence-corrected chi connectivity index (χ3v) is 5.51. The molecule has 0 atom stereocenters. The van der Waals surface area contributed by atoms with Crippen molar-refractivity contribution >= 4 is 47.0 Å². The molecule has 0 bridgehead atoms. The van der Waals surface area contributed by atoms with Crippen LogP contribution in [0.2, 0.25) is 5.02 Å². The predicted octanol–water partition coefficient (Wildman–Crippen LogP) is 2.70. The summed E-state index contributed by atoms with van der Waals surface area (Å²) in [5, 5.41) is 14.0. The van der Waals surface area contributed by atoms with Gasteiger partial charge in [0.2, 0.25) is 17.8 Å². The molecule has 2 amide bonds. The fourth-order valence-corrected chi connectivity index (χ4v) is 3.59. The molecule has 1 aliphatic carbocycles. The molecule has 2 aromatic heterocycles. The maximum atomic E-state index is 12.0. The van der Waals surface area contributed by atoms with E-state index in [9.17, 15) is 9.59 Å². The van der Waals surface area contributed by atoms with Gasteiger partial charge in [-0.2, -0.15) is 19.6 Å². The van der Waals surface area contributed by atoms with Crippen molar-refractivity contribution in [1.82, 2.24) is 24.9 Å². The largest absolute Gasteiger partial charge is 0.351 e. The molecule has 9 nitrogen and oxygen atoms in total. The molecule has 1 saturated carbocycles. The number of nitrogens with one attached hydrogen (secondary N) is 3. The lowest BCUT2D eigenvalue weighted by atomic mass is 10.1. The minimum Gasteiger partial charge on any atom is -0.351 e. The maximum absolute atomic E-state index is 12.0. The summed E-state index contributed by atoms with van der Waals surface area (Å²) in [4.78, 5) is 32.7. The van der Waals surface area contributed by atoms with Gasteiger partial charge in [0, 0.05) is 28.7 Å². The number of aryl methyl sites for hydroxylation is 1. The summed E-state index contributed by atoms with van der Waals surface area (Å²) in [5.74, 6) is 0.318. The first-order chi connectivity index (χ1) is 15.0. The highest BCUT2D eigenvalue weighted by atomic mass is 35.5. The number of carbonyl (C=O) groups is 2. The lowest BCUT2D eigenvalue weighted by Gasteiger charge is -2.11. The van der Waals surface area contributed by atoms with E-state index in [1.54, 1.807) is 16.8 Å². The average molecular weight is 438 g/mol. The summed E-state index contributed by atoms with van der Waals surface area (Å²) in [6, 6.07) is 6.11. The number of hydrogen-bond donors (Lipinski definition) is 3. The van der Waals surface area contributed by atoms with Gasteiger partial charge in [0.15, 0.2) is 5.65 Å². The van der Waals surface area contributed by atoms with Gasteiger partial charge < -0.3 is 10.6 Å². The topological polar surface area (TPSA) is 113 Å². The second-order valence-corrected chi connectivity index (χ2v) is 8.21. The van der Waals surface area contributed by atoms with Crippen LogP contribution in [0.15, 0.2) is 30.0 Å². The maximum Gasteiger partial charge on any atom is 0.254 e. The number of fused-ring (bicyclic) bond motifs is 1. The molecule has 3 heterocycles. The third-order valence-electron chi connectivity index (χ3n) is 5.28. The summed E-state index contributed by atoms with van der Waals surface area (Å²) in [5.41, 5.74) is 3.73. The van der Waals surface area contributed by atoms with E-state index in [1.165, 1.54) is 0 Å². The lowest BCUT2D eigenvalue weighted by Crippen LogP contribution is -2.19. The zero-order valence-electron chi connectivity index (χ0n) is 16.8. The van der Waals surface area contributed by atoms with Crippen LogP contribution in [0.5, 0.6) is 0 Å². The van der Waals surface area contributed by atoms with Crippen LogP contribution in [0.4, 0.5) is 11.9 Å². The fraction of sp³-hybridized carbons (Fsp3) is 0.286. The van der Waals surface area contributed by atoms with Gasteiger partial charge in [0.1, 0.15) is 0 Å². The Bertz CT molecular complexity index is 1250. The Morgan fingerprint density at radius 3 is 2.87 bits per heavy atom. The van der Waals surface area contributed by atoms with E-state index in [0.29, 0.717) is 46.3 Å². The number of anilines is 2. The number of rotatable bonds is 6. The van der Waals surface area contributed by atoms with Gasteiger partial charge in [-0.3, -0.25) is 14.9 Å². The molecule has 10 heteroatoms. The van der Waals surface area contributed by atoms with Crippen LogP contribution in [0, 0.1) is 6.92 Å². The Kier molecular flexibility index (Phi) is 4.82. The first-order valence-corrected chi connectivity index (χ1v) is 10.4. The number of imide groups is 1. The molecule has 158 valence electrons. The van der Waals surface area contributed by atoms with Crippen LogP contribution >= 0.6 is 11.6 Å². The minimum atomic E-state index is -0.385. The van der Waals surface area contributed by atoms with E-state index < -0.39 is 0 Å². The molecule has 2 fully saturated rings. The highest BCUT2D eigenvalue weighted by molar-refractivity contribution is 6.30. The van der Waals surface area contributed by atoms with E-state index in [-0.39, 0.29) is 18.2 Å². The van der Waals surface area contributed by atoms with E-state index in [1.807, 2.05) is 25.1 Å². The Hall–Kier alpha value is -3.46. The molecule has 3 N–H and O–H groups in total. The van der Waals surface area contributed by atoms with Gasteiger partial charge in [-0.25, -0.2) is 0 Å². The monoisotopic (exact) mass is 437 g/mol. The van der Waals surface area contributed by atoms with Crippen molar-refractivity contribution in [2.75, 3.05) is 10.6 Å². The summed E-state index contributed by atoms with van der Waals surface area (Å²) >= 11 is 6.13. The normalized spacial score (nSPS) is 17.4. The molecule has 0 unspecified atom stereocenters. The number of benzene rings is 1. The van der Waals surface area contributed by atoms with Crippen LogP contribution in [-0.4, -0.2) is 37.4 Å².